The molecule has 1 aromatic heterocycles. The molecule has 0 aliphatic rings. The standard InChI is InChI=1S/C55H57N3/c1-10-39(3)58(53(11-2)55(7,8)9)50-26-18-23-44(38-50)47-34-45(42-21-16-24-48(36-42)56-51-27-14-12-19-40(51)29-31-54(4,5)6)33-46(35-47)43-22-17-25-49(37-43)57-32-30-41-20-13-15-28-52(41)57/h10-38,56H,1-9H3/b31-29+,39-10+,53-11-. The lowest BCUT2D eigenvalue weighted by Gasteiger charge is -2.36. The molecule has 0 fully saturated rings. The lowest BCUT2D eigenvalue weighted by molar-refractivity contribution is 0.489. The van der Waals surface area contributed by atoms with E-state index in [0.717, 1.165) is 50.6 Å². The van der Waals surface area contributed by atoms with Gasteiger partial charge in [0.2, 0.25) is 0 Å². The Bertz CT molecular complexity index is 2650. The monoisotopic (exact) mass is 759 g/mol. The average Bonchev–Trinajstić information content (AvgIpc) is 3.66. The number of hydrogen-bond acceptors (Lipinski definition) is 2. The normalized spacial score (nSPS) is 12.7. The van der Waals surface area contributed by atoms with Gasteiger partial charge in [0.05, 0.1) is 5.52 Å². The third kappa shape index (κ3) is 8.95. The minimum Gasteiger partial charge on any atom is -0.355 e. The van der Waals surface area contributed by atoms with E-state index in [2.05, 4.69) is 253 Å². The van der Waals surface area contributed by atoms with Gasteiger partial charge < -0.3 is 14.8 Å². The Labute approximate surface area is 346 Å². The number of anilines is 3. The molecule has 0 saturated heterocycles. The Morgan fingerprint density at radius 3 is 1.88 bits per heavy atom. The highest BCUT2D eigenvalue weighted by atomic mass is 15.2. The SMILES string of the molecule is C/C=C(\N(/C(C)=C/C)c1cccc(-c2cc(-c3cccc(Nc4ccccc4/C=C/C(C)(C)C)c3)cc(-c3cccc(-n4ccc5ccccc54)c3)c2)c1)C(C)(C)C. The third-order valence-corrected chi connectivity index (χ3v) is 10.7. The number of aromatic nitrogens is 1. The van der Waals surface area contributed by atoms with Crippen molar-refractivity contribution in [2.24, 2.45) is 10.8 Å². The van der Waals surface area contributed by atoms with Crippen LogP contribution in [-0.2, 0) is 0 Å². The first-order valence-corrected chi connectivity index (χ1v) is 20.5. The highest BCUT2D eigenvalue weighted by Crippen LogP contribution is 2.39. The van der Waals surface area contributed by atoms with Crippen molar-refractivity contribution in [2.75, 3.05) is 10.2 Å². The minimum absolute atomic E-state index is 0.0411. The zero-order chi connectivity index (χ0) is 41.0. The van der Waals surface area contributed by atoms with Crippen LogP contribution in [0.2, 0.25) is 0 Å². The summed E-state index contributed by atoms with van der Waals surface area (Å²) in [5.41, 5.74) is 16.3. The van der Waals surface area contributed by atoms with Gasteiger partial charge >= 0.3 is 0 Å². The summed E-state index contributed by atoms with van der Waals surface area (Å²) in [6.45, 7) is 20.0. The molecule has 292 valence electrons. The van der Waals surface area contributed by atoms with Crippen LogP contribution < -0.4 is 10.2 Å². The number of nitrogens with zero attached hydrogens (tertiary/aromatic N) is 2. The molecule has 3 heteroatoms. The second-order valence-electron chi connectivity index (χ2n) is 17.3. The summed E-state index contributed by atoms with van der Waals surface area (Å²) >= 11 is 0. The van der Waals surface area contributed by atoms with E-state index in [0.29, 0.717) is 0 Å². The first-order valence-electron chi connectivity index (χ1n) is 20.5. The number of hydrogen-bond donors (Lipinski definition) is 1. The van der Waals surface area contributed by atoms with E-state index in [4.69, 9.17) is 0 Å². The lowest BCUT2D eigenvalue weighted by atomic mass is 9.89. The number of nitrogens with one attached hydrogen (secondary N) is 1. The number of allylic oxidation sites excluding steroid dienone is 5. The number of benzene rings is 6. The molecule has 3 nitrogen and oxygen atoms in total. The van der Waals surface area contributed by atoms with Gasteiger partial charge in [0.25, 0.3) is 0 Å². The quantitative estimate of drug-likeness (QED) is 0.150. The van der Waals surface area contributed by atoms with Crippen molar-refractivity contribution in [3.63, 3.8) is 0 Å². The topological polar surface area (TPSA) is 20.2 Å². The molecular formula is C55H57N3. The summed E-state index contributed by atoms with van der Waals surface area (Å²) in [6.07, 6.45) is 11.1. The maximum atomic E-state index is 3.74. The molecule has 0 aliphatic heterocycles. The van der Waals surface area contributed by atoms with E-state index < -0.39 is 0 Å². The Kier molecular flexibility index (Phi) is 11.5. The van der Waals surface area contributed by atoms with E-state index in [1.165, 1.54) is 33.4 Å². The van der Waals surface area contributed by atoms with Gasteiger partial charge in [-0.3, -0.25) is 0 Å². The summed E-state index contributed by atoms with van der Waals surface area (Å²) in [7, 11) is 0. The van der Waals surface area contributed by atoms with Gasteiger partial charge in [0.1, 0.15) is 0 Å². The van der Waals surface area contributed by atoms with Crippen LogP contribution in [-0.4, -0.2) is 4.57 Å². The predicted molar refractivity (Wildman–Crippen MR) is 253 cm³/mol. The molecule has 0 aliphatic carbocycles. The van der Waals surface area contributed by atoms with Crippen LogP contribution in [0.1, 0.15) is 67.9 Å². The van der Waals surface area contributed by atoms with Crippen molar-refractivity contribution in [1.29, 1.82) is 0 Å². The van der Waals surface area contributed by atoms with E-state index in [1.807, 2.05) is 0 Å². The third-order valence-electron chi connectivity index (χ3n) is 10.7. The molecule has 0 unspecified atom stereocenters. The first kappa shape index (κ1) is 39.9. The molecule has 0 amide bonds. The van der Waals surface area contributed by atoms with Gasteiger partial charge in [-0.15, -0.1) is 0 Å². The molecule has 1 heterocycles. The Balaban J connectivity index is 1.36. The molecule has 1 N–H and O–H groups in total. The molecule has 0 saturated carbocycles. The molecule has 7 rings (SSSR count). The molecule has 0 spiro atoms. The molecule has 0 radical (unpaired) electrons. The lowest BCUT2D eigenvalue weighted by Crippen LogP contribution is -2.29. The van der Waals surface area contributed by atoms with Crippen molar-refractivity contribution >= 4 is 34.0 Å². The van der Waals surface area contributed by atoms with Gasteiger partial charge in [-0.05, 0) is 143 Å². The second-order valence-corrected chi connectivity index (χ2v) is 17.3. The molecule has 58 heavy (non-hydrogen) atoms. The average molecular weight is 760 g/mol. The fraction of sp³-hybridized carbons (Fsp3) is 0.200. The Morgan fingerprint density at radius 2 is 1.21 bits per heavy atom. The summed E-state index contributed by atoms with van der Waals surface area (Å²) in [6, 6.07) is 53.0. The molecule has 6 aromatic carbocycles. The number of para-hydroxylation sites is 2. The zero-order valence-electron chi connectivity index (χ0n) is 35.6. The van der Waals surface area contributed by atoms with Crippen LogP contribution in [0.25, 0.3) is 56.0 Å². The van der Waals surface area contributed by atoms with Gasteiger partial charge in [-0.1, -0.05) is 139 Å². The smallest absolute Gasteiger partial charge is 0.0528 e. The van der Waals surface area contributed by atoms with Crippen molar-refractivity contribution in [3.8, 4) is 39.1 Å². The Hall–Kier alpha value is -6.32. The molecular weight excluding hydrogens is 703 g/mol. The molecule has 0 bridgehead atoms. The van der Waals surface area contributed by atoms with E-state index >= 15 is 0 Å². The van der Waals surface area contributed by atoms with Crippen LogP contribution in [0.3, 0.4) is 0 Å². The van der Waals surface area contributed by atoms with E-state index in [9.17, 15) is 0 Å². The predicted octanol–water partition coefficient (Wildman–Crippen LogP) is 16.1. The highest BCUT2D eigenvalue weighted by Gasteiger charge is 2.25. The largest absolute Gasteiger partial charge is 0.355 e. The van der Waals surface area contributed by atoms with Gasteiger partial charge in [-0.2, -0.15) is 0 Å². The fourth-order valence-electron chi connectivity index (χ4n) is 7.68. The van der Waals surface area contributed by atoms with Gasteiger partial charge in [0.15, 0.2) is 0 Å². The zero-order valence-corrected chi connectivity index (χ0v) is 35.6. The van der Waals surface area contributed by atoms with E-state index in [-0.39, 0.29) is 10.8 Å². The molecule has 7 aromatic rings. The first-order chi connectivity index (χ1) is 27.8. The van der Waals surface area contributed by atoms with Gasteiger partial charge in [0, 0.05) is 45.8 Å². The van der Waals surface area contributed by atoms with Crippen LogP contribution >= 0.6 is 0 Å². The van der Waals surface area contributed by atoms with Gasteiger partial charge in [-0.25, -0.2) is 0 Å². The van der Waals surface area contributed by atoms with Crippen molar-refractivity contribution < 1.29 is 0 Å². The second kappa shape index (κ2) is 16.6. The maximum Gasteiger partial charge on any atom is 0.0528 e. The molecule has 0 atom stereocenters. The fourth-order valence-corrected chi connectivity index (χ4v) is 7.68. The van der Waals surface area contributed by atoms with Crippen molar-refractivity contribution in [2.45, 2.75) is 62.3 Å². The Morgan fingerprint density at radius 1 is 0.586 bits per heavy atom. The van der Waals surface area contributed by atoms with Crippen molar-refractivity contribution in [3.05, 3.63) is 187 Å². The van der Waals surface area contributed by atoms with Crippen LogP contribution in [0.4, 0.5) is 17.1 Å². The van der Waals surface area contributed by atoms with Crippen LogP contribution in [0.15, 0.2) is 181 Å². The summed E-state index contributed by atoms with van der Waals surface area (Å²) in [4.78, 5) is 2.41. The van der Waals surface area contributed by atoms with Crippen LogP contribution in [0.5, 0.6) is 0 Å². The van der Waals surface area contributed by atoms with E-state index in [1.54, 1.807) is 0 Å². The minimum atomic E-state index is -0.0411. The van der Waals surface area contributed by atoms with Crippen molar-refractivity contribution in [1.82, 2.24) is 4.57 Å². The maximum absolute atomic E-state index is 3.74. The van der Waals surface area contributed by atoms with Crippen LogP contribution in [0, 0.1) is 10.8 Å². The summed E-state index contributed by atoms with van der Waals surface area (Å²) in [5.74, 6) is 0. The highest BCUT2D eigenvalue weighted by molar-refractivity contribution is 5.86. The number of fused-ring (bicyclic) bond motifs is 1. The number of rotatable bonds is 10. The summed E-state index contributed by atoms with van der Waals surface area (Å²) < 4.78 is 2.28. The summed E-state index contributed by atoms with van der Waals surface area (Å²) in [5, 5.41) is 4.97.